The molecule has 0 aromatic carbocycles. The molecule has 0 saturated heterocycles. The summed E-state index contributed by atoms with van der Waals surface area (Å²) in [5.41, 5.74) is 0. The van der Waals surface area contributed by atoms with Crippen molar-refractivity contribution in [3.05, 3.63) is 0 Å². The first kappa shape index (κ1) is 17.3. The Morgan fingerprint density at radius 1 is 0.818 bits per heavy atom. The van der Waals surface area contributed by atoms with E-state index in [0.29, 0.717) is 6.04 Å². The predicted molar refractivity (Wildman–Crippen MR) is 87.6 cm³/mol. The molecule has 5 heteroatoms. The Kier molecular flexibility index (Phi) is 7.16. The molecule has 3 N–H and O–H groups in total. The van der Waals surface area contributed by atoms with Crippen LogP contribution in [0.2, 0.25) is 0 Å². The molecule has 0 aromatic rings. The molecule has 0 aromatic heterocycles. The minimum Gasteiger partial charge on any atom is -0.335 e. The van der Waals surface area contributed by atoms with Crippen LogP contribution >= 0.6 is 0 Å². The molecule has 5 nitrogen and oxygen atoms in total. The van der Waals surface area contributed by atoms with Crippen molar-refractivity contribution >= 4 is 11.9 Å². The van der Waals surface area contributed by atoms with Crippen molar-refractivity contribution in [1.29, 1.82) is 0 Å². The first-order valence-electron chi connectivity index (χ1n) is 9.02. The molecule has 0 radical (unpaired) electrons. The van der Waals surface area contributed by atoms with Gasteiger partial charge in [-0.1, -0.05) is 44.9 Å². The van der Waals surface area contributed by atoms with Crippen molar-refractivity contribution in [3.63, 3.8) is 0 Å². The van der Waals surface area contributed by atoms with Crippen molar-refractivity contribution < 1.29 is 9.59 Å². The van der Waals surface area contributed by atoms with Gasteiger partial charge in [-0.3, -0.25) is 10.1 Å². The molecule has 2 aliphatic carbocycles. The van der Waals surface area contributed by atoms with Crippen LogP contribution < -0.4 is 16.0 Å². The van der Waals surface area contributed by atoms with Gasteiger partial charge in [0.15, 0.2) is 0 Å². The van der Waals surface area contributed by atoms with E-state index in [1.807, 2.05) is 6.92 Å². The van der Waals surface area contributed by atoms with E-state index < -0.39 is 0 Å². The van der Waals surface area contributed by atoms with Gasteiger partial charge in [-0.2, -0.15) is 0 Å². The highest BCUT2D eigenvalue weighted by Crippen LogP contribution is 2.18. The van der Waals surface area contributed by atoms with Crippen LogP contribution in [0, 0.1) is 0 Å². The SMILES string of the molecule is C[C@@H](NC1CCCCCCC1)C(=O)NC(=O)NC1CCCC1. The molecular formula is C17H31N3O2. The lowest BCUT2D eigenvalue weighted by molar-refractivity contribution is -0.121. The number of carbonyl (C=O) groups is 2. The van der Waals surface area contributed by atoms with E-state index in [-0.39, 0.29) is 24.0 Å². The van der Waals surface area contributed by atoms with E-state index in [2.05, 4.69) is 16.0 Å². The predicted octanol–water partition coefficient (Wildman–Crippen LogP) is 2.85. The first-order chi connectivity index (χ1) is 10.6. The average molecular weight is 309 g/mol. The van der Waals surface area contributed by atoms with Crippen LogP contribution in [0.3, 0.4) is 0 Å². The van der Waals surface area contributed by atoms with Crippen LogP contribution in [0.4, 0.5) is 4.79 Å². The van der Waals surface area contributed by atoms with Crippen LogP contribution in [0.25, 0.3) is 0 Å². The Morgan fingerprint density at radius 2 is 1.32 bits per heavy atom. The van der Waals surface area contributed by atoms with E-state index in [0.717, 1.165) is 25.7 Å². The van der Waals surface area contributed by atoms with E-state index in [4.69, 9.17) is 0 Å². The molecule has 2 rings (SSSR count). The summed E-state index contributed by atoms with van der Waals surface area (Å²) < 4.78 is 0. The zero-order valence-corrected chi connectivity index (χ0v) is 13.8. The van der Waals surface area contributed by atoms with Crippen LogP contribution in [-0.4, -0.2) is 30.1 Å². The normalized spacial score (nSPS) is 22.6. The van der Waals surface area contributed by atoms with Crippen molar-refractivity contribution in [3.8, 4) is 0 Å². The summed E-state index contributed by atoms with van der Waals surface area (Å²) >= 11 is 0. The third-order valence-electron chi connectivity index (χ3n) is 4.91. The Morgan fingerprint density at radius 3 is 1.95 bits per heavy atom. The lowest BCUT2D eigenvalue weighted by Gasteiger charge is -2.24. The Balaban J connectivity index is 1.69. The van der Waals surface area contributed by atoms with Crippen LogP contribution in [-0.2, 0) is 4.79 Å². The number of rotatable bonds is 4. The van der Waals surface area contributed by atoms with Crippen LogP contribution in [0.1, 0.15) is 77.6 Å². The number of hydrogen-bond acceptors (Lipinski definition) is 3. The molecule has 3 amide bonds. The minimum atomic E-state index is -0.344. The summed E-state index contributed by atoms with van der Waals surface area (Å²) in [6, 6.07) is -0.0254. The summed E-state index contributed by atoms with van der Waals surface area (Å²) in [6.07, 6.45) is 13.0. The van der Waals surface area contributed by atoms with Gasteiger partial charge in [-0.15, -0.1) is 0 Å². The zero-order chi connectivity index (χ0) is 15.8. The quantitative estimate of drug-likeness (QED) is 0.748. The molecule has 2 fully saturated rings. The smallest absolute Gasteiger partial charge is 0.321 e. The third-order valence-corrected chi connectivity index (χ3v) is 4.91. The third kappa shape index (κ3) is 5.95. The van der Waals surface area contributed by atoms with E-state index >= 15 is 0 Å². The zero-order valence-electron chi connectivity index (χ0n) is 13.8. The molecule has 0 heterocycles. The highest BCUT2D eigenvalue weighted by molar-refractivity contribution is 5.96. The van der Waals surface area contributed by atoms with E-state index in [1.165, 1.54) is 44.9 Å². The minimum absolute atomic E-state index is 0.224. The molecule has 1 atom stereocenters. The standard InChI is InChI=1S/C17H31N3O2/c1-13(18-14-9-5-3-2-4-6-10-14)16(21)20-17(22)19-15-11-7-8-12-15/h13-15,18H,2-12H2,1H3,(H2,19,20,21,22)/t13-/m1/s1. The maximum Gasteiger partial charge on any atom is 0.321 e. The summed E-state index contributed by atoms with van der Waals surface area (Å²) in [7, 11) is 0. The molecular weight excluding hydrogens is 278 g/mol. The highest BCUT2D eigenvalue weighted by atomic mass is 16.2. The maximum absolute atomic E-state index is 12.1. The molecule has 0 bridgehead atoms. The number of nitrogens with one attached hydrogen (secondary N) is 3. The number of carbonyl (C=O) groups excluding carboxylic acids is 2. The van der Waals surface area contributed by atoms with Gasteiger partial charge in [0.2, 0.25) is 5.91 Å². The second-order valence-electron chi connectivity index (χ2n) is 6.87. The Hall–Kier alpha value is -1.10. The number of amides is 3. The summed E-state index contributed by atoms with van der Waals surface area (Å²) in [5.74, 6) is -0.224. The fourth-order valence-corrected chi connectivity index (χ4v) is 3.56. The second kappa shape index (κ2) is 9.13. The molecule has 2 saturated carbocycles. The summed E-state index contributed by atoms with van der Waals surface area (Å²) in [4.78, 5) is 24.0. The molecule has 0 unspecified atom stereocenters. The van der Waals surface area contributed by atoms with Crippen LogP contribution in [0.15, 0.2) is 0 Å². The fourth-order valence-electron chi connectivity index (χ4n) is 3.56. The topological polar surface area (TPSA) is 70.2 Å². The van der Waals surface area contributed by atoms with Crippen molar-refractivity contribution in [2.75, 3.05) is 0 Å². The molecule has 2 aliphatic rings. The average Bonchev–Trinajstić information content (AvgIpc) is 2.94. The second-order valence-corrected chi connectivity index (χ2v) is 6.87. The van der Waals surface area contributed by atoms with Gasteiger partial charge >= 0.3 is 6.03 Å². The molecule has 22 heavy (non-hydrogen) atoms. The van der Waals surface area contributed by atoms with Gasteiger partial charge < -0.3 is 10.6 Å². The largest absolute Gasteiger partial charge is 0.335 e. The monoisotopic (exact) mass is 309 g/mol. The van der Waals surface area contributed by atoms with Gasteiger partial charge in [-0.05, 0) is 32.6 Å². The van der Waals surface area contributed by atoms with Crippen molar-refractivity contribution in [2.45, 2.75) is 95.7 Å². The fraction of sp³-hybridized carbons (Fsp3) is 0.882. The van der Waals surface area contributed by atoms with Gasteiger partial charge in [0, 0.05) is 12.1 Å². The lowest BCUT2D eigenvalue weighted by Crippen LogP contribution is -2.51. The van der Waals surface area contributed by atoms with Gasteiger partial charge in [-0.25, -0.2) is 4.79 Å². The molecule has 126 valence electrons. The lowest BCUT2D eigenvalue weighted by atomic mass is 9.96. The summed E-state index contributed by atoms with van der Waals surface area (Å²) in [6.45, 7) is 1.84. The van der Waals surface area contributed by atoms with E-state index in [9.17, 15) is 9.59 Å². The molecule has 0 spiro atoms. The van der Waals surface area contributed by atoms with Gasteiger partial charge in [0.25, 0.3) is 0 Å². The molecule has 0 aliphatic heterocycles. The number of imide groups is 1. The maximum atomic E-state index is 12.1. The van der Waals surface area contributed by atoms with Crippen molar-refractivity contribution in [2.24, 2.45) is 0 Å². The first-order valence-corrected chi connectivity index (χ1v) is 9.02. The van der Waals surface area contributed by atoms with Crippen LogP contribution in [0.5, 0.6) is 0 Å². The number of urea groups is 1. The van der Waals surface area contributed by atoms with Gasteiger partial charge in [0.1, 0.15) is 0 Å². The highest BCUT2D eigenvalue weighted by Gasteiger charge is 2.22. The van der Waals surface area contributed by atoms with Crippen molar-refractivity contribution in [1.82, 2.24) is 16.0 Å². The Labute approximate surface area is 134 Å². The number of hydrogen-bond donors (Lipinski definition) is 3. The van der Waals surface area contributed by atoms with Gasteiger partial charge in [0.05, 0.1) is 6.04 Å². The van der Waals surface area contributed by atoms with E-state index in [1.54, 1.807) is 0 Å². The Bertz CT molecular complexity index is 359. The summed E-state index contributed by atoms with van der Waals surface area (Å²) in [5, 5.41) is 8.75.